The molecule has 2 aromatic carbocycles. The molecule has 0 fully saturated rings. The summed E-state index contributed by atoms with van der Waals surface area (Å²) in [6, 6.07) is 14.9. The molecular formula is C17H24N2O. The van der Waals surface area contributed by atoms with Gasteiger partial charge in [-0.2, -0.15) is 0 Å². The minimum absolute atomic E-state index is 0.0632. The zero-order chi connectivity index (χ0) is 14.6. The molecule has 108 valence electrons. The van der Waals surface area contributed by atoms with Crippen molar-refractivity contribution in [3.8, 4) is 0 Å². The van der Waals surface area contributed by atoms with Crippen molar-refractivity contribution in [1.29, 1.82) is 0 Å². The molecule has 2 aromatic rings. The van der Waals surface area contributed by atoms with E-state index < -0.39 is 0 Å². The Morgan fingerprint density at radius 2 is 1.85 bits per heavy atom. The second kappa shape index (κ2) is 6.35. The van der Waals surface area contributed by atoms with Gasteiger partial charge in [0, 0.05) is 6.61 Å². The maximum Gasteiger partial charge on any atom is 0.0795 e. The van der Waals surface area contributed by atoms with E-state index in [4.69, 9.17) is 10.6 Å². The molecule has 20 heavy (non-hydrogen) atoms. The van der Waals surface area contributed by atoms with Crippen LogP contribution in [-0.4, -0.2) is 18.2 Å². The van der Waals surface area contributed by atoms with Gasteiger partial charge in [-0.15, -0.1) is 0 Å². The summed E-state index contributed by atoms with van der Waals surface area (Å²) in [5.41, 5.74) is 3.90. The highest BCUT2D eigenvalue weighted by atomic mass is 16.5. The van der Waals surface area contributed by atoms with E-state index >= 15 is 0 Å². The van der Waals surface area contributed by atoms with Gasteiger partial charge in [0.25, 0.3) is 0 Å². The Hall–Kier alpha value is -1.42. The van der Waals surface area contributed by atoms with Crippen LogP contribution in [0.5, 0.6) is 0 Å². The Bertz CT molecular complexity index is 560. The van der Waals surface area contributed by atoms with Crippen LogP contribution in [0.4, 0.5) is 0 Å². The number of rotatable bonds is 6. The van der Waals surface area contributed by atoms with Gasteiger partial charge in [-0.05, 0) is 43.5 Å². The summed E-state index contributed by atoms with van der Waals surface area (Å²) >= 11 is 0. The lowest BCUT2D eigenvalue weighted by Crippen LogP contribution is -2.52. The monoisotopic (exact) mass is 272 g/mol. The van der Waals surface area contributed by atoms with Crippen LogP contribution in [0, 0.1) is 0 Å². The smallest absolute Gasteiger partial charge is 0.0795 e. The average Bonchev–Trinajstić information content (AvgIpc) is 2.44. The molecule has 0 aliphatic heterocycles. The second-order valence-electron chi connectivity index (χ2n) is 5.60. The molecule has 0 spiro atoms. The highest BCUT2D eigenvalue weighted by Crippen LogP contribution is 2.24. The lowest BCUT2D eigenvalue weighted by Gasteiger charge is -2.34. The van der Waals surface area contributed by atoms with Crippen LogP contribution in [-0.2, 0) is 11.2 Å². The molecule has 0 saturated carbocycles. The van der Waals surface area contributed by atoms with E-state index in [-0.39, 0.29) is 11.6 Å². The fourth-order valence-electron chi connectivity index (χ4n) is 2.67. The highest BCUT2D eigenvalue weighted by molar-refractivity contribution is 5.85. The number of hydrogen-bond acceptors (Lipinski definition) is 3. The number of benzene rings is 2. The first-order valence-corrected chi connectivity index (χ1v) is 7.15. The fourth-order valence-corrected chi connectivity index (χ4v) is 2.67. The van der Waals surface area contributed by atoms with Crippen molar-refractivity contribution >= 4 is 10.8 Å². The van der Waals surface area contributed by atoms with Gasteiger partial charge in [0.1, 0.15) is 0 Å². The molecule has 0 radical (unpaired) electrons. The van der Waals surface area contributed by atoms with Gasteiger partial charge in [-0.25, -0.2) is 0 Å². The van der Waals surface area contributed by atoms with E-state index in [2.05, 4.69) is 61.7 Å². The van der Waals surface area contributed by atoms with Crippen LogP contribution >= 0.6 is 0 Å². The van der Waals surface area contributed by atoms with Crippen molar-refractivity contribution in [2.45, 2.75) is 38.8 Å². The zero-order valence-electron chi connectivity index (χ0n) is 12.5. The molecule has 1 atom stereocenters. The molecule has 3 heteroatoms. The minimum atomic E-state index is -0.305. The van der Waals surface area contributed by atoms with Crippen molar-refractivity contribution in [2.75, 3.05) is 6.61 Å². The zero-order valence-corrected chi connectivity index (χ0v) is 12.5. The van der Waals surface area contributed by atoms with E-state index in [1.54, 1.807) is 0 Å². The number of ether oxygens (including phenoxy) is 1. The first kappa shape index (κ1) is 15.0. The van der Waals surface area contributed by atoms with Crippen LogP contribution in [0.3, 0.4) is 0 Å². The molecule has 0 aliphatic rings. The summed E-state index contributed by atoms with van der Waals surface area (Å²) in [6.45, 7) is 6.84. The summed E-state index contributed by atoms with van der Waals surface area (Å²) in [6.07, 6.45) is 0.838. The van der Waals surface area contributed by atoms with Crippen LogP contribution in [0.1, 0.15) is 26.3 Å². The quantitative estimate of drug-likeness (QED) is 0.627. The van der Waals surface area contributed by atoms with E-state index in [1.165, 1.54) is 16.3 Å². The highest BCUT2D eigenvalue weighted by Gasteiger charge is 2.29. The lowest BCUT2D eigenvalue weighted by molar-refractivity contribution is -0.0380. The number of fused-ring (bicyclic) bond motifs is 1. The first-order chi connectivity index (χ1) is 9.58. The maximum absolute atomic E-state index is 5.82. The average molecular weight is 272 g/mol. The first-order valence-electron chi connectivity index (χ1n) is 7.15. The second-order valence-corrected chi connectivity index (χ2v) is 5.60. The molecule has 3 N–H and O–H groups in total. The number of hydrogen-bond donors (Lipinski definition) is 2. The summed E-state index contributed by atoms with van der Waals surface area (Å²) < 4.78 is 5.82. The van der Waals surface area contributed by atoms with Crippen LogP contribution in [0.2, 0.25) is 0 Å². The summed E-state index contributed by atoms with van der Waals surface area (Å²) in [7, 11) is 0. The molecule has 0 aromatic heterocycles. The molecule has 0 saturated heterocycles. The topological polar surface area (TPSA) is 47.3 Å². The number of nitrogens with one attached hydrogen (secondary N) is 1. The number of nitrogens with two attached hydrogens (primary N) is 1. The SMILES string of the molecule is CCOC(C)(C)C(Cc1cccc2ccccc12)NN. The molecular weight excluding hydrogens is 248 g/mol. The van der Waals surface area contributed by atoms with E-state index in [9.17, 15) is 0 Å². The predicted molar refractivity (Wildman–Crippen MR) is 84.5 cm³/mol. The Labute approximate surface area is 121 Å². The maximum atomic E-state index is 5.82. The molecule has 1 unspecified atom stereocenters. The van der Waals surface area contributed by atoms with E-state index in [0.29, 0.717) is 6.61 Å². The standard InChI is InChI=1S/C17H24N2O/c1-4-20-17(2,3)16(19-18)12-14-10-7-9-13-8-5-6-11-15(13)14/h5-11,16,19H,4,12,18H2,1-3H3. The van der Waals surface area contributed by atoms with Crippen molar-refractivity contribution in [1.82, 2.24) is 5.43 Å². The molecule has 0 heterocycles. The van der Waals surface area contributed by atoms with E-state index in [0.717, 1.165) is 6.42 Å². The third-order valence-corrected chi connectivity index (χ3v) is 3.86. The van der Waals surface area contributed by atoms with E-state index in [1.807, 2.05) is 6.92 Å². The van der Waals surface area contributed by atoms with Gasteiger partial charge in [0.2, 0.25) is 0 Å². The molecule has 0 aliphatic carbocycles. The summed E-state index contributed by atoms with van der Waals surface area (Å²) in [4.78, 5) is 0. The van der Waals surface area contributed by atoms with Gasteiger partial charge in [0.15, 0.2) is 0 Å². The predicted octanol–water partition coefficient (Wildman–Crippen LogP) is 3.03. The van der Waals surface area contributed by atoms with Crippen molar-refractivity contribution < 1.29 is 4.74 Å². The molecule has 0 amide bonds. The van der Waals surface area contributed by atoms with Gasteiger partial charge < -0.3 is 4.74 Å². The molecule has 0 bridgehead atoms. The van der Waals surface area contributed by atoms with Crippen LogP contribution in [0.15, 0.2) is 42.5 Å². The molecule has 2 rings (SSSR count). The normalized spacial score (nSPS) is 13.6. The minimum Gasteiger partial charge on any atom is -0.374 e. The van der Waals surface area contributed by atoms with Gasteiger partial charge in [-0.1, -0.05) is 42.5 Å². The fraction of sp³-hybridized carbons (Fsp3) is 0.412. The third-order valence-electron chi connectivity index (χ3n) is 3.86. The van der Waals surface area contributed by atoms with Gasteiger partial charge in [-0.3, -0.25) is 11.3 Å². The Kier molecular flexibility index (Phi) is 4.76. The number of hydrazine groups is 1. The van der Waals surface area contributed by atoms with Crippen molar-refractivity contribution in [2.24, 2.45) is 5.84 Å². The largest absolute Gasteiger partial charge is 0.374 e. The summed E-state index contributed by atoms with van der Waals surface area (Å²) in [5.74, 6) is 5.75. The van der Waals surface area contributed by atoms with Crippen molar-refractivity contribution in [3.63, 3.8) is 0 Å². The third kappa shape index (κ3) is 3.18. The van der Waals surface area contributed by atoms with Gasteiger partial charge in [0.05, 0.1) is 11.6 Å². The Morgan fingerprint density at radius 1 is 1.15 bits per heavy atom. The summed E-state index contributed by atoms with van der Waals surface area (Å²) in [5, 5.41) is 2.54. The lowest BCUT2D eigenvalue weighted by atomic mass is 9.90. The van der Waals surface area contributed by atoms with Crippen LogP contribution < -0.4 is 11.3 Å². The van der Waals surface area contributed by atoms with Crippen molar-refractivity contribution in [3.05, 3.63) is 48.0 Å². The molecule has 3 nitrogen and oxygen atoms in total. The van der Waals surface area contributed by atoms with Gasteiger partial charge >= 0.3 is 0 Å². The van der Waals surface area contributed by atoms with Crippen LogP contribution in [0.25, 0.3) is 10.8 Å². The Morgan fingerprint density at radius 3 is 2.55 bits per heavy atom. The Balaban J connectivity index is 2.30.